The first-order valence-electron chi connectivity index (χ1n) is 8.13. The van der Waals surface area contributed by atoms with Crippen molar-refractivity contribution in [2.45, 2.75) is 52.0 Å². The second kappa shape index (κ2) is 5.74. The average Bonchev–Trinajstić information content (AvgIpc) is 2.88. The molecule has 20 heavy (non-hydrogen) atoms. The number of nitrogens with one attached hydrogen (secondary N) is 1. The number of thiazole rings is 1. The molecule has 1 aromatic rings. The monoisotopic (exact) mass is 293 g/mol. The average molecular weight is 293 g/mol. The Morgan fingerprint density at radius 2 is 2.10 bits per heavy atom. The van der Waals surface area contributed by atoms with E-state index in [0.29, 0.717) is 0 Å². The van der Waals surface area contributed by atoms with Gasteiger partial charge in [0.2, 0.25) is 0 Å². The van der Waals surface area contributed by atoms with Gasteiger partial charge in [0.15, 0.2) is 0 Å². The zero-order valence-electron chi connectivity index (χ0n) is 13.0. The Kier molecular flexibility index (Phi) is 4.16. The van der Waals surface area contributed by atoms with Crippen molar-refractivity contribution in [3.8, 4) is 0 Å². The molecular formula is C16H27N3S. The molecule has 2 bridgehead atoms. The Morgan fingerprint density at radius 1 is 1.35 bits per heavy atom. The van der Waals surface area contributed by atoms with Gasteiger partial charge in [-0.05, 0) is 58.2 Å². The third-order valence-electron chi connectivity index (χ3n) is 5.06. The van der Waals surface area contributed by atoms with E-state index in [0.717, 1.165) is 25.4 Å². The van der Waals surface area contributed by atoms with Crippen LogP contribution in [-0.4, -0.2) is 36.1 Å². The molecule has 0 saturated carbocycles. The molecular weight excluding hydrogens is 266 g/mol. The maximum Gasteiger partial charge on any atom is 0.115 e. The summed E-state index contributed by atoms with van der Waals surface area (Å²) in [7, 11) is 0. The van der Waals surface area contributed by atoms with Crippen molar-refractivity contribution in [1.82, 2.24) is 15.2 Å². The summed E-state index contributed by atoms with van der Waals surface area (Å²) in [4.78, 5) is 9.07. The maximum atomic E-state index is 5.03. The van der Waals surface area contributed by atoms with Crippen LogP contribution in [0.1, 0.15) is 48.7 Å². The van der Waals surface area contributed by atoms with Gasteiger partial charge in [-0.15, -0.1) is 11.3 Å². The third kappa shape index (κ3) is 2.32. The van der Waals surface area contributed by atoms with Crippen molar-refractivity contribution >= 4 is 11.3 Å². The van der Waals surface area contributed by atoms with E-state index >= 15 is 0 Å². The van der Waals surface area contributed by atoms with E-state index < -0.39 is 0 Å². The van der Waals surface area contributed by atoms with Crippen molar-refractivity contribution in [3.05, 3.63) is 15.6 Å². The van der Waals surface area contributed by atoms with Gasteiger partial charge in [0.1, 0.15) is 5.01 Å². The molecule has 0 aromatic carbocycles. The zero-order chi connectivity index (χ0) is 14.2. The lowest BCUT2D eigenvalue weighted by Gasteiger charge is -2.52. The van der Waals surface area contributed by atoms with Gasteiger partial charge in [-0.3, -0.25) is 0 Å². The van der Waals surface area contributed by atoms with Crippen LogP contribution in [0.15, 0.2) is 0 Å². The summed E-state index contributed by atoms with van der Waals surface area (Å²) in [6.45, 7) is 11.5. The van der Waals surface area contributed by atoms with Crippen LogP contribution in [0.4, 0.5) is 0 Å². The Labute approximate surface area is 126 Å². The number of fused-ring (bicyclic) bond motifs is 3. The highest BCUT2D eigenvalue weighted by atomic mass is 32.1. The molecule has 1 N–H and O–H groups in total. The summed E-state index contributed by atoms with van der Waals surface area (Å²) >= 11 is 1.93. The molecule has 4 heterocycles. The molecule has 4 heteroatoms. The molecule has 3 saturated heterocycles. The van der Waals surface area contributed by atoms with Gasteiger partial charge in [-0.1, -0.05) is 13.8 Å². The van der Waals surface area contributed by atoms with Gasteiger partial charge in [-0.2, -0.15) is 0 Å². The lowest BCUT2D eigenvalue weighted by molar-refractivity contribution is 0.00313. The van der Waals surface area contributed by atoms with Crippen molar-refractivity contribution in [1.29, 1.82) is 0 Å². The summed E-state index contributed by atoms with van der Waals surface area (Å²) in [5.74, 6) is 0.773. The first-order chi connectivity index (χ1) is 9.69. The van der Waals surface area contributed by atoms with Gasteiger partial charge in [-0.25, -0.2) is 4.98 Å². The Morgan fingerprint density at radius 3 is 2.60 bits per heavy atom. The topological polar surface area (TPSA) is 28.2 Å². The smallest absolute Gasteiger partial charge is 0.115 e. The minimum atomic E-state index is 0.134. The Hall–Kier alpha value is -0.450. The maximum absolute atomic E-state index is 5.03. The van der Waals surface area contributed by atoms with Gasteiger partial charge in [0.05, 0.1) is 11.2 Å². The largest absolute Gasteiger partial charge is 0.304 e. The number of piperidine rings is 3. The van der Waals surface area contributed by atoms with E-state index in [2.05, 4.69) is 31.0 Å². The van der Waals surface area contributed by atoms with Crippen LogP contribution in [0, 0.1) is 12.8 Å². The SMILES string of the molecule is CCCNC1(c2nc(CC)c(C)s2)CN2CCC1CC2. The molecule has 1 atom stereocenters. The van der Waals surface area contributed by atoms with E-state index in [9.17, 15) is 0 Å². The summed E-state index contributed by atoms with van der Waals surface area (Å²) in [5, 5.41) is 5.26. The number of hydrogen-bond donors (Lipinski definition) is 1. The van der Waals surface area contributed by atoms with Crippen LogP contribution < -0.4 is 5.32 Å². The van der Waals surface area contributed by atoms with Gasteiger partial charge >= 0.3 is 0 Å². The van der Waals surface area contributed by atoms with Gasteiger partial charge < -0.3 is 10.2 Å². The predicted octanol–water partition coefficient (Wildman–Crippen LogP) is 2.93. The third-order valence-corrected chi connectivity index (χ3v) is 6.25. The Bertz CT molecular complexity index is 462. The lowest BCUT2D eigenvalue weighted by atomic mass is 9.73. The molecule has 4 rings (SSSR count). The number of nitrogens with zero attached hydrogens (tertiary/aromatic N) is 2. The molecule has 0 radical (unpaired) electrons. The number of hydrogen-bond acceptors (Lipinski definition) is 4. The minimum absolute atomic E-state index is 0.134. The molecule has 1 unspecified atom stereocenters. The molecule has 3 aliphatic heterocycles. The van der Waals surface area contributed by atoms with E-state index in [-0.39, 0.29) is 5.54 Å². The second-order valence-electron chi connectivity index (χ2n) is 6.32. The summed E-state index contributed by atoms with van der Waals surface area (Å²) in [6.07, 6.45) is 4.91. The van der Waals surface area contributed by atoms with Gasteiger partial charge in [0, 0.05) is 11.4 Å². The zero-order valence-corrected chi connectivity index (χ0v) is 13.9. The molecule has 0 spiro atoms. The molecule has 3 nitrogen and oxygen atoms in total. The fraction of sp³-hybridized carbons (Fsp3) is 0.812. The van der Waals surface area contributed by atoms with E-state index in [4.69, 9.17) is 4.98 Å². The Balaban J connectivity index is 1.96. The van der Waals surface area contributed by atoms with Crippen LogP contribution in [0.5, 0.6) is 0 Å². The number of rotatable bonds is 5. The van der Waals surface area contributed by atoms with Crippen LogP contribution in [0.25, 0.3) is 0 Å². The first-order valence-corrected chi connectivity index (χ1v) is 8.95. The molecule has 3 fully saturated rings. The van der Waals surface area contributed by atoms with Crippen LogP contribution in [-0.2, 0) is 12.0 Å². The number of aryl methyl sites for hydroxylation is 2. The van der Waals surface area contributed by atoms with Crippen molar-refractivity contribution in [3.63, 3.8) is 0 Å². The second-order valence-corrected chi connectivity index (χ2v) is 7.53. The lowest BCUT2D eigenvalue weighted by Crippen LogP contribution is -2.63. The minimum Gasteiger partial charge on any atom is -0.304 e. The van der Waals surface area contributed by atoms with Crippen molar-refractivity contribution in [2.24, 2.45) is 5.92 Å². The normalized spacial score (nSPS) is 32.8. The van der Waals surface area contributed by atoms with Crippen LogP contribution >= 0.6 is 11.3 Å². The number of aromatic nitrogens is 1. The quantitative estimate of drug-likeness (QED) is 0.905. The summed E-state index contributed by atoms with van der Waals surface area (Å²) in [5.41, 5.74) is 1.44. The van der Waals surface area contributed by atoms with Crippen molar-refractivity contribution < 1.29 is 0 Å². The molecule has 112 valence electrons. The van der Waals surface area contributed by atoms with E-state index in [1.807, 2.05) is 11.3 Å². The molecule has 3 aliphatic rings. The predicted molar refractivity (Wildman–Crippen MR) is 85.4 cm³/mol. The van der Waals surface area contributed by atoms with Crippen LogP contribution in [0.3, 0.4) is 0 Å². The molecule has 0 amide bonds. The highest BCUT2D eigenvalue weighted by molar-refractivity contribution is 7.11. The fourth-order valence-electron chi connectivity index (χ4n) is 3.88. The highest BCUT2D eigenvalue weighted by Crippen LogP contribution is 2.44. The summed E-state index contributed by atoms with van der Waals surface area (Å²) in [6, 6.07) is 0. The molecule has 1 aromatic heterocycles. The highest BCUT2D eigenvalue weighted by Gasteiger charge is 2.49. The van der Waals surface area contributed by atoms with Crippen molar-refractivity contribution in [2.75, 3.05) is 26.2 Å². The summed E-state index contributed by atoms with van der Waals surface area (Å²) < 4.78 is 0. The fourth-order valence-corrected chi connectivity index (χ4v) is 5.12. The first kappa shape index (κ1) is 14.5. The van der Waals surface area contributed by atoms with E-state index in [1.54, 1.807) is 0 Å². The van der Waals surface area contributed by atoms with Gasteiger partial charge in [0.25, 0.3) is 0 Å². The van der Waals surface area contributed by atoms with E-state index in [1.165, 1.54) is 47.9 Å². The van der Waals surface area contributed by atoms with Crippen LogP contribution in [0.2, 0.25) is 0 Å². The molecule has 0 aliphatic carbocycles. The standard InChI is InChI=1S/C16H27N3S/c1-4-8-17-16(11-19-9-6-13(16)7-10-19)15-18-14(5-2)12(3)20-15/h13,17H,4-11H2,1-3H3.